The van der Waals surface area contributed by atoms with Crippen molar-refractivity contribution in [3.63, 3.8) is 0 Å². The number of ether oxygens (including phenoxy) is 3. The molecule has 13 heteroatoms. The molecule has 14 atom stereocenters. The Morgan fingerprint density at radius 2 is 1.30 bits per heavy atom. The highest BCUT2D eigenvalue weighted by atomic mass is 16.5. The molecule has 0 aromatic rings. The average molecular weight is 793 g/mol. The van der Waals surface area contributed by atoms with Crippen LogP contribution in [-0.2, 0) is 23.8 Å². The number of esters is 1. The Kier molecular flexibility index (Phi) is 22.3. The van der Waals surface area contributed by atoms with Gasteiger partial charge >= 0.3 is 11.9 Å². The Morgan fingerprint density at radius 3 is 1.95 bits per heavy atom. The first-order valence-electron chi connectivity index (χ1n) is 19.9. The fraction of sp³-hybridized carbons (Fsp3) is 0.674. The topological polar surface area (TPSA) is 224 Å². The van der Waals surface area contributed by atoms with Crippen molar-refractivity contribution in [1.29, 1.82) is 0 Å². The Bertz CT molecular complexity index is 1340. The fourth-order valence-electron chi connectivity index (χ4n) is 7.15. The molecule has 2 aliphatic heterocycles. The summed E-state index contributed by atoms with van der Waals surface area (Å²) >= 11 is 0. The fourth-order valence-corrected chi connectivity index (χ4v) is 7.15. The minimum atomic E-state index is -1.34. The molecule has 2 bridgehead atoms. The van der Waals surface area contributed by atoms with Crippen LogP contribution in [-0.4, -0.2) is 127 Å². The molecule has 0 aromatic heterocycles. The van der Waals surface area contributed by atoms with Gasteiger partial charge in [-0.25, -0.2) is 0 Å². The van der Waals surface area contributed by atoms with E-state index in [1.54, 1.807) is 39.0 Å². The van der Waals surface area contributed by atoms with E-state index in [-0.39, 0.29) is 57.3 Å². The molecule has 8 N–H and O–H groups in total. The summed E-state index contributed by atoms with van der Waals surface area (Å²) in [5.74, 6) is -3.77. The molecule has 318 valence electrons. The number of carbonyl (C=O) groups is 2. The van der Waals surface area contributed by atoms with Gasteiger partial charge in [0.2, 0.25) is 0 Å². The molecular weight excluding hydrogens is 724 g/mol. The number of cyclic esters (lactones) is 1. The number of aliphatic hydroxyl groups is 7. The number of allylic oxidation sites excluding steroid dienone is 10. The van der Waals surface area contributed by atoms with Crippen LogP contribution in [0.1, 0.15) is 91.9 Å². The quantitative estimate of drug-likeness (QED) is 0.187. The molecule has 0 aromatic carbocycles. The van der Waals surface area contributed by atoms with Crippen molar-refractivity contribution in [3.8, 4) is 0 Å². The molecule has 2 rings (SSSR count). The van der Waals surface area contributed by atoms with Crippen molar-refractivity contribution >= 4 is 11.9 Å². The number of carboxylic acid groups (broad SMARTS) is 1. The third-order valence-electron chi connectivity index (χ3n) is 10.6. The lowest BCUT2D eigenvalue weighted by atomic mass is 9.78. The summed E-state index contributed by atoms with van der Waals surface area (Å²) in [5.41, 5.74) is -1.19. The highest BCUT2D eigenvalue weighted by Gasteiger charge is 2.49. The van der Waals surface area contributed by atoms with E-state index in [1.807, 2.05) is 61.6 Å². The molecular formula is C43H68O13. The van der Waals surface area contributed by atoms with Gasteiger partial charge in [-0.2, -0.15) is 0 Å². The van der Waals surface area contributed by atoms with Gasteiger partial charge in [0.25, 0.3) is 0 Å². The highest BCUT2D eigenvalue weighted by Crippen LogP contribution is 2.39. The summed E-state index contributed by atoms with van der Waals surface area (Å²) in [5, 5.41) is 84.9. The van der Waals surface area contributed by atoms with E-state index in [9.17, 15) is 50.4 Å². The summed E-state index contributed by atoms with van der Waals surface area (Å²) in [6.07, 6.45) is 13.0. The maximum Gasteiger partial charge on any atom is 0.311 e. The molecule has 1 fully saturated rings. The Labute approximate surface area is 332 Å². The highest BCUT2D eigenvalue weighted by molar-refractivity contribution is 5.71. The second kappa shape index (κ2) is 25.4. The average Bonchev–Trinajstić information content (AvgIpc) is 3.11. The largest absolute Gasteiger partial charge is 0.481 e. The normalized spacial score (nSPS) is 42.3. The number of rotatable bonds is 2. The van der Waals surface area contributed by atoms with Crippen molar-refractivity contribution in [1.82, 2.24) is 0 Å². The Morgan fingerprint density at radius 1 is 0.732 bits per heavy atom. The molecule has 0 saturated carbocycles. The van der Waals surface area contributed by atoms with Gasteiger partial charge < -0.3 is 55.1 Å². The van der Waals surface area contributed by atoms with Crippen LogP contribution < -0.4 is 0 Å². The van der Waals surface area contributed by atoms with E-state index < -0.39 is 90.4 Å². The van der Waals surface area contributed by atoms with Crippen LogP contribution in [0, 0.1) is 17.8 Å². The summed E-state index contributed by atoms with van der Waals surface area (Å²) in [7, 11) is 1.49. The molecule has 56 heavy (non-hydrogen) atoms. The maximum absolute atomic E-state index is 12.6. The Hall–Kier alpha value is -2.98. The summed E-state index contributed by atoms with van der Waals surface area (Å²) in [4.78, 5) is 24.7. The predicted octanol–water partition coefficient (Wildman–Crippen LogP) is 3.84. The first-order chi connectivity index (χ1) is 26.5. The zero-order valence-electron chi connectivity index (χ0n) is 33.6. The molecule has 0 aliphatic carbocycles. The zero-order valence-corrected chi connectivity index (χ0v) is 33.6. The SMILES string of the molecule is CO[C@H]1/C=C/C=C/C=C/C=C/CC/C=C/C=C/[C@H](C)[C@@H](O)[C@@H](C)[C@H](C)OC(=O)C[C@H](O)C[C@H](O)C[C@H](O)CC[C@@H](O)[C@H](O)C[C@]2(C)C[C@H](O)[C@@H](C(=O)O)[C@H](C1)O2. The molecule has 0 radical (unpaired) electrons. The van der Waals surface area contributed by atoms with E-state index in [1.165, 1.54) is 7.11 Å². The van der Waals surface area contributed by atoms with Crippen molar-refractivity contribution in [3.05, 3.63) is 72.9 Å². The van der Waals surface area contributed by atoms with Gasteiger partial charge in [-0.05, 0) is 52.4 Å². The van der Waals surface area contributed by atoms with E-state index in [2.05, 4.69) is 0 Å². The minimum Gasteiger partial charge on any atom is -0.481 e. The second-order valence-electron chi connectivity index (χ2n) is 15.7. The van der Waals surface area contributed by atoms with Crippen LogP contribution in [0.3, 0.4) is 0 Å². The van der Waals surface area contributed by atoms with Crippen LogP contribution in [0.5, 0.6) is 0 Å². The number of carbonyl (C=O) groups excluding carboxylic acids is 1. The van der Waals surface area contributed by atoms with E-state index >= 15 is 0 Å². The number of aliphatic hydroxyl groups excluding tert-OH is 7. The summed E-state index contributed by atoms with van der Waals surface area (Å²) in [6, 6.07) is 0. The van der Waals surface area contributed by atoms with E-state index in [0.717, 1.165) is 12.8 Å². The molecule has 0 unspecified atom stereocenters. The minimum absolute atomic E-state index is 0.00174. The van der Waals surface area contributed by atoms with Crippen molar-refractivity contribution in [2.45, 2.75) is 159 Å². The van der Waals surface area contributed by atoms with Crippen molar-refractivity contribution < 1.29 is 64.7 Å². The van der Waals surface area contributed by atoms with E-state index in [4.69, 9.17) is 14.2 Å². The first kappa shape index (κ1) is 49.2. The van der Waals surface area contributed by atoms with Crippen LogP contribution >= 0.6 is 0 Å². The number of methoxy groups -OCH3 is 1. The summed E-state index contributed by atoms with van der Waals surface area (Å²) in [6.45, 7) is 6.97. The second-order valence-corrected chi connectivity index (χ2v) is 15.7. The van der Waals surface area contributed by atoms with Gasteiger partial charge in [0, 0.05) is 38.2 Å². The van der Waals surface area contributed by atoms with Crippen molar-refractivity contribution in [2.75, 3.05) is 7.11 Å². The maximum atomic E-state index is 12.6. The number of carboxylic acids is 1. The smallest absolute Gasteiger partial charge is 0.311 e. The number of fused-ring (bicyclic) bond motifs is 2. The monoisotopic (exact) mass is 792 g/mol. The third-order valence-corrected chi connectivity index (χ3v) is 10.6. The molecule has 13 nitrogen and oxygen atoms in total. The van der Waals surface area contributed by atoms with Gasteiger partial charge in [-0.15, -0.1) is 0 Å². The zero-order chi connectivity index (χ0) is 41.8. The van der Waals surface area contributed by atoms with Crippen molar-refractivity contribution in [2.24, 2.45) is 17.8 Å². The molecule has 2 aliphatic rings. The van der Waals surface area contributed by atoms with Crippen LogP contribution in [0.15, 0.2) is 72.9 Å². The van der Waals surface area contributed by atoms with Crippen LogP contribution in [0.4, 0.5) is 0 Å². The predicted molar refractivity (Wildman–Crippen MR) is 212 cm³/mol. The van der Waals surface area contributed by atoms with Crippen LogP contribution in [0.25, 0.3) is 0 Å². The Balaban J connectivity index is 2.18. The number of aliphatic carboxylic acids is 1. The number of hydrogen-bond acceptors (Lipinski definition) is 12. The van der Waals surface area contributed by atoms with Crippen LogP contribution in [0.2, 0.25) is 0 Å². The molecule has 0 amide bonds. The molecule has 2 heterocycles. The van der Waals surface area contributed by atoms with Gasteiger partial charge in [0.1, 0.15) is 12.0 Å². The number of hydrogen-bond donors (Lipinski definition) is 8. The van der Waals surface area contributed by atoms with E-state index in [0.29, 0.717) is 0 Å². The van der Waals surface area contributed by atoms with Gasteiger partial charge in [0.05, 0.1) is 67.0 Å². The lowest BCUT2D eigenvalue weighted by Gasteiger charge is -2.46. The molecule has 1 saturated heterocycles. The standard InChI is InChI=1S/C43H68O13/c1-28-18-16-14-12-10-8-6-7-9-11-13-15-17-19-34(54-5)25-38-40(42(52)53)37(49)27-43(4,56-38)26-36(48)35(47)21-20-31(44)22-32(45)23-33(46)24-39(50)55-30(3)29(2)41(28)51/h6-7,9,11-19,28-38,40-41,44-49,51H,8,10,20-27H2,1-5H3,(H,52,53)/b7-6+,11-9+,14-12+,15-13+,18-16+,19-17+/t28-,29-,30-,31+,32+,33+,34-,35+,36+,37-,38-,40+,41+,43+/m0/s1. The summed E-state index contributed by atoms with van der Waals surface area (Å²) < 4.78 is 17.3. The first-order valence-corrected chi connectivity index (χ1v) is 19.9. The molecule has 0 spiro atoms. The van der Waals surface area contributed by atoms with Gasteiger partial charge in [-0.3, -0.25) is 9.59 Å². The third kappa shape index (κ3) is 18.1. The lowest BCUT2D eigenvalue weighted by molar-refractivity contribution is -0.213. The van der Waals surface area contributed by atoms with Gasteiger partial charge in [-0.1, -0.05) is 86.8 Å². The lowest BCUT2D eigenvalue weighted by Crippen LogP contribution is -2.55. The van der Waals surface area contributed by atoms with Gasteiger partial charge in [0.15, 0.2) is 0 Å².